The molecule has 5 nitrogen and oxygen atoms in total. The minimum absolute atomic E-state index is 0. The van der Waals surface area contributed by atoms with Crippen molar-refractivity contribution in [1.29, 1.82) is 0 Å². The lowest BCUT2D eigenvalue weighted by molar-refractivity contribution is 0.403. The topological polar surface area (TPSA) is 61.8 Å². The molecule has 0 aromatic heterocycles. The van der Waals surface area contributed by atoms with Crippen LogP contribution in [0.5, 0.6) is 0 Å². The molecule has 0 bridgehead atoms. The van der Waals surface area contributed by atoms with Crippen LogP contribution in [0.25, 0.3) is 0 Å². The van der Waals surface area contributed by atoms with Crippen molar-refractivity contribution < 1.29 is 8.42 Å². The molecule has 1 heterocycles. The molecule has 0 aliphatic carbocycles. The second-order valence-electron chi connectivity index (χ2n) is 7.90. The number of aliphatic imine (C=N–C) groups is 1. The highest BCUT2D eigenvalue weighted by Gasteiger charge is 2.29. The van der Waals surface area contributed by atoms with Gasteiger partial charge in [0, 0.05) is 19.6 Å². The highest BCUT2D eigenvalue weighted by atomic mass is 127. The highest BCUT2D eigenvalue weighted by Crippen LogP contribution is 2.23. The Labute approximate surface area is 166 Å². The van der Waals surface area contributed by atoms with E-state index in [2.05, 4.69) is 29.1 Å². The van der Waals surface area contributed by atoms with Gasteiger partial charge >= 0.3 is 0 Å². The van der Waals surface area contributed by atoms with Crippen LogP contribution in [-0.2, 0) is 9.84 Å². The van der Waals surface area contributed by atoms with E-state index in [9.17, 15) is 8.42 Å². The van der Waals surface area contributed by atoms with Crippen molar-refractivity contribution in [2.75, 3.05) is 31.9 Å². The summed E-state index contributed by atoms with van der Waals surface area (Å²) >= 11 is 0. The van der Waals surface area contributed by atoms with E-state index in [1.807, 2.05) is 6.92 Å². The van der Waals surface area contributed by atoms with E-state index in [0.29, 0.717) is 6.54 Å². The quantitative estimate of drug-likeness (QED) is 0.366. The fourth-order valence-electron chi connectivity index (χ4n) is 2.89. The second kappa shape index (κ2) is 10.2. The van der Waals surface area contributed by atoms with E-state index in [0.717, 1.165) is 37.4 Å². The number of guanidine groups is 1. The molecule has 1 saturated heterocycles. The lowest BCUT2D eigenvalue weighted by Crippen LogP contribution is -2.40. The molecule has 24 heavy (non-hydrogen) atoms. The van der Waals surface area contributed by atoms with Crippen LogP contribution in [-0.4, -0.2) is 56.0 Å². The smallest absolute Gasteiger partial charge is 0.193 e. The minimum atomic E-state index is -3.11. The second-order valence-corrected chi connectivity index (χ2v) is 10.8. The standard InChI is InChI=1S/C17H35N3O2S.HI/c1-7-18-16(19-9-11-23(21,22)17(4,5)6)20-10-8-15(13-20)12-14(2)3;/h14-15H,7-13H2,1-6H3,(H,18,19);1H. The van der Waals surface area contributed by atoms with Crippen molar-refractivity contribution in [3.8, 4) is 0 Å². The van der Waals surface area contributed by atoms with Gasteiger partial charge in [0.25, 0.3) is 0 Å². The van der Waals surface area contributed by atoms with Crippen LogP contribution in [0.3, 0.4) is 0 Å². The Hall–Kier alpha value is -0.0500. The molecule has 7 heteroatoms. The Morgan fingerprint density at radius 1 is 1.33 bits per heavy atom. The average Bonchev–Trinajstić information content (AvgIpc) is 2.83. The number of nitrogens with zero attached hydrogens (tertiary/aromatic N) is 2. The van der Waals surface area contributed by atoms with Crippen LogP contribution in [0, 0.1) is 11.8 Å². The molecule has 0 spiro atoms. The molecular formula is C17H36IN3O2S. The van der Waals surface area contributed by atoms with E-state index in [4.69, 9.17) is 0 Å². The Kier molecular flexibility index (Phi) is 10.2. The third kappa shape index (κ3) is 7.45. The Morgan fingerprint density at radius 3 is 2.46 bits per heavy atom. The molecule has 0 aromatic rings. The molecule has 1 unspecified atom stereocenters. The summed E-state index contributed by atoms with van der Waals surface area (Å²) in [6.45, 7) is 15.0. The van der Waals surface area contributed by atoms with Crippen LogP contribution in [0.2, 0.25) is 0 Å². The number of rotatable bonds is 6. The summed E-state index contributed by atoms with van der Waals surface area (Å²) in [6.07, 6.45) is 2.44. The number of halogens is 1. The van der Waals surface area contributed by atoms with Crippen molar-refractivity contribution in [3.63, 3.8) is 0 Å². The molecule has 1 rings (SSSR count). The summed E-state index contributed by atoms with van der Waals surface area (Å²) in [5, 5.41) is 3.30. The summed E-state index contributed by atoms with van der Waals surface area (Å²) in [4.78, 5) is 6.84. The normalized spacial score (nSPS) is 19.5. The molecule has 0 radical (unpaired) electrons. The van der Waals surface area contributed by atoms with Gasteiger partial charge in [-0.25, -0.2) is 8.42 Å². The van der Waals surface area contributed by atoms with Crippen molar-refractivity contribution in [1.82, 2.24) is 10.2 Å². The van der Waals surface area contributed by atoms with Gasteiger partial charge in [-0.05, 0) is 52.4 Å². The first-order chi connectivity index (χ1) is 10.6. The lowest BCUT2D eigenvalue weighted by Gasteiger charge is -2.23. The molecule has 0 aromatic carbocycles. The van der Waals surface area contributed by atoms with E-state index in [-0.39, 0.29) is 29.7 Å². The number of nitrogens with one attached hydrogen (secondary N) is 1. The maximum atomic E-state index is 12.2. The molecule has 1 atom stereocenters. The minimum Gasteiger partial charge on any atom is -0.357 e. The number of hydrogen-bond acceptors (Lipinski definition) is 3. The van der Waals surface area contributed by atoms with Crippen molar-refractivity contribution in [2.45, 2.75) is 59.1 Å². The fraction of sp³-hybridized carbons (Fsp3) is 0.941. The summed E-state index contributed by atoms with van der Waals surface area (Å²) in [7, 11) is -3.11. The molecular weight excluding hydrogens is 437 g/mol. The van der Waals surface area contributed by atoms with Gasteiger partial charge in [-0.2, -0.15) is 0 Å². The molecule has 0 amide bonds. The third-order valence-electron chi connectivity index (χ3n) is 4.28. The van der Waals surface area contributed by atoms with Crippen LogP contribution >= 0.6 is 24.0 Å². The van der Waals surface area contributed by atoms with Gasteiger partial charge in [-0.1, -0.05) is 13.8 Å². The van der Waals surface area contributed by atoms with Gasteiger partial charge in [0.05, 0.1) is 17.0 Å². The van der Waals surface area contributed by atoms with Gasteiger partial charge in [0.15, 0.2) is 15.8 Å². The Morgan fingerprint density at radius 2 is 1.96 bits per heavy atom. The zero-order valence-electron chi connectivity index (χ0n) is 16.1. The SMILES string of the molecule is CCNC(=NCCS(=O)(=O)C(C)(C)C)N1CCC(CC(C)C)C1.I. The predicted molar refractivity (Wildman–Crippen MR) is 114 cm³/mol. The van der Waals surface area contributed by atoms with Crippen LogP contribution in [0.1, 0.15) is 54.4 Å². The van der Waals surface area contributed by atoms with Crippen LogP contribution < -0.4 is 5.32 Å². The summed E-state index contributed by atoms with van der Waals surface area (Å²) in [5.41, 5.74) is 0. The zero-order valence-corrected chi connectivity index (χ0v) is 19.3. The Balaban J connectivity index is 0.00000529. The van der Waals surface area contributed by atoms with Gasteiger partial charge in [0.1, 0.15) is 0 Å². The molecule has 1 aliphatic rings. The first kappa shape index (κ1) is 23.9. The number of sulfone groups is 1. The average molecular weight is 473 g/mol. The van der Waals surface area contributed by atoms with E-state index >= 15 is 0 Å². The molecule has 1 fully saturated rings. The van der Waals surface area contributed by atoms with E-state index in [1.54, 1.807) is 20.8 Å². The van der Waals surface area contributed by atoms with Crippen LogP contribution in [0.4, 0.5) is 0 Å². The van der Waals surface area contributed by atoms with Crippen molar-refractivity contribution >= 4 is 39.8 Å². The summed E-state index contributed by atoms with van der Waals surface area (Å²) in [6, 6.07) is 0. The fourth-order valence-corrected chi connectivity index (χ4v) is 3.83. The lowest BCUT2D eigenvalue weighted by atomic mass is 9.97. The van der Waals surface area contributed by atoms with Gasteiger partial charge in [-0.15, -0.1) is 24.0 Å². The van der Waals surface area contributed by atoms with Crippen molar-refractivity contribution in [3.05, 3.63) is 0 Å². The molecule has 144 valence electrons. The maximum Gasteiger partial charge on any atom is 0.193 e. The molecule has 1 N–H and O–H groups in total. The van der Waals surface area contributed by atoms with E-state index in [1.165, 1.54) is 12.8 Å². The monoisotopic (exact) mass is 473 g/mol. The van der Waals surface area contributed by atoms with Gasteiger partial charge in [-0.3, -0.25) is 4.99 Å². The largest absolute Gasteiger partial charge is 0.357 e. The Bertz CT molecular complexity index is 498. The van der Waals surface area contributed by atoms with Gasteiger partial charge in [0.2, 0.25) is 0 Å². The molecule has 0 saturated carbocycles. The van der Waals surface area contributed by atoms with Crippen LogP contribution in [0.15, 0.2) is 4.99 Å². The summed E-state index contributed by atoms with van der Waals surface area (Å²) < 4.78 is 23.7. The third-order valence-corrected chi connectivity index (χ3v) is 6.87. The number of hydrogen-bond donors (Lipinski definition) is 1. The predicted octanol–water partition coefficient (Wildman–Crippen LogP) is 3.15. The zero-order chi connectivity index (χ0) is 17.7. The van der Waals surface area contributed by atoms with Crippen molar-refractivity contribution in [2.24, 2.45) is 16.8 Å². The first-order valence-electron chi connectivity index (χ1n) is 8.82. The van der Waals surface area contributed by atoms with E-state index < -0.39 is 14.6 Å². The molecule has 1 aliphatic heterocycles. The summed E-state index contributed by atoms with van der Waals surface area (Å²) in [5.74, 6) is 2.41. The number of likely N-dealkylation sites (tertiary alicyclic amines) is 1. The maximum absolute atomic E-state index is 12.2. The highest BCUT2D eigenvalue weighted by molar-refractivity contribution is 14.0. The first-order valence-corrected chi connectivity index (χ1v) is 10.5. The van der Waals surface area contributed by atoms with Gasteiger partial charge < -0.3 is 10.2 Å².